The number of methoxy groups -OCH3 is 1. The van der Waals surface area contributed by atoms with Crippen molar-refractivity contribution in [3.63, 3.8) is 0 Å². The molecule has 3 fully saturated rings. The number of amides is 1. The van der Waals surface area contributed by atoms with E-state index in [-0.39, 0.29) is 10.8 Å². The van der Waals surface area contributed by atoms with E-state index in [2.05, 4.69) is 5.32 Å². The molecule has 4 rings (SSSR count). The summed E-state index contributed by atoms with van der Waals surface area (Å²) >= 11 is 0. The highest BCUT2D eigenvalue weighted by Gasteiger charge is 2.42. The Bertz CT molecular complexity index is 826. The Morgan fingerprint density at radius 2 is 1.72 bits per heavy atom. The molecule has 1 saturated heterocycles. The number of benzene rings is 1. The van der Waals surface area contributed by atoms with Crippen molar-refractivity contribution in [3.8, 4) is 5.75 Å². The highest BCUT2D eigenvalue weighted by molar-refractivity contribution is 7.89. The van der Waals surface area contributed by atoms with Crippen LogP contribution >= 0.6 is 0 Å². The minimum atomic E-state index is -3.57. The van der Waals surface area contributed by atoms with Crippen molar-refractivity contribution >= 4 is 21.6 Å². The first-order chi connectivity index (χ1) is 14.0. The monoisotopic (exact) mass is 420 g/mol. The Labute approximate surface area is 174 Å². The summed E-state index contributed by atoms with van der Waals surface area (Å²) in [7, 11) is -2.04. The second-order valence-corrected chi connectivity index (χ2v) is 10.7. The molecule has 1 amide bonds. The molecule has 3 aliphatic rings. The molecule has 0 radical (unpaired) electrons. The largest absolute Gasteiger partial charge is 0.495 e. The van der Waals surface area contributed by atoms with Crippen molar-refractivity contribution in [2.24, 2.45) is 17.8 Å². The zero-order valence-corrected chi connectivity index (χ0v) is 18.0. The molecule has 0 atom stereocenters. The number of sulfonamides is 1. The summed E-state index contributed by atoms with van der Waals surface area (Å²) in [5, 5.41) is 2.94. The number of nitrogens with zero attached hydrogens (tertiary/aromatic N) is 1. The van der Waals surface area contributed by atoms with E-state index in [9.17, 15) is 13.2 Å². The Hall–Kier alpha value is -1.60. The Morgan fingerprint density at radius 3 is 2.28 bits per heavy atom. The average Bonchev–Trinajstić information content (AvgIpc) is 3.60. The van der Waals surface area contributed by atoms with Gasteiger partial charge in [0.2, 0.25) is 15.9 Å². The molecule has 1 aromatic rings. The van der Waals surface area contributed by atoms with E-state index in [0.29, 0.717) is 48.7 Å². The topological polar surface area (TPSA) is 75.7 Å². The van der Waals surface area contributed by atoms with Crippen molar-refractivity contribution in [1.29, 1.82) is 0 Å². The summed E-state index contributed by atoms with van der Waals surface area (Å²) in [6.07, 6.45) is 9.39. The molecule has 1 N–H and O–H groups in total. The van der Waals surface area contributed by atoms with E-state index in [1.54, 1.807) is 22.5 Å². The SMILES string of the molecule is COc1ccc(S(=O)(=O)N2CCCCCC2)cc1NC(=O)CC(C1CC1)C1CC1. The first-order valence-corrected chi connectivity index (χ1v) is 12.4. The zero-order chi connectivity index (χ0) is 20.4. The fourth-order valence-corrected chi connectivity index (χ4v) is 6.10. The lowest BCUT2D eigenvalue weighted by Crippen LogP contribution is -2.32. The quantitative estimate of drug-likeness (QED) is 0.689. The third-order valence-electron chi connectivity index (χ3n) is 6.52. The number of rotatable bonds is 8. The molecule has 1 heterocycles. The molecule has 2 aliphatic carbocycles. The fourth-order valence-electron chi connectivity index (χ4n) is 4.56. The molecule has 7 heteroatoms. The van der Waals surface area contributed by atoms with Crippen molar-refractivity contribution in [2.45, 2.75) is 62.7 Å². The molecule has 1 aliphatic heterocycles. The lowest BCUT2D eigenvalue weighted by molar-refractivity contribution is -0.117. The smallest absolute Gasteiger partial charge is 0.243 e. The summed E-state index contributed by atoms with van der Waals surface area (Å²) in [6, 6.07) is 4.77. The summed E-state index contributed by atoms with van der Waals surface area (Å²) in [5.74, 6) is 2.32. The molecule has 0 unspecified atom stereocenters. The van der Waals surface area contributed by atoms with E-state index in [1.807, 2.05) is 0 Å². The molecule has 0 spiro atoms. The van der Waals surface area contributed by atoms with Crippen LogP contribution in [0.1, 0.15) is 57.8 Å². The number of nitrogens with one attached hydrogen (secondary N) is 1. The lowest BCUT2D eigenvalue weighted by atomic mass is 9.94. The molecular formula is C22H32N2O4S. The summed E-state index contributed by atoms with van der Waals surface area (Å²) < 4.78 is 33.2. The van der Waals surface area contributed by atoms with Gasteiger partial charge in [-0.3, -0.25) is 4.79 Å². The van der Waals surface area contributed by atoms with Gasteiger partial charge in [0.15, 0.2) is 0 Å². The predicted molar refractivity (Wildman–Crippen MR) is 112 cm³/mol. The van der Waals surface area contributed by atoms with E-state index in [0.717, 1.165) is 25.7 Å². The van der Waals surface area contributed by atoms with Gasteiger partial charge >= 0.3 is 0 Å². The van der Waals surface area contributed by atoms with Gasteiger partial charge in [-0.15, -0.1) is 0 Å². The maximum Gasteiger partial charge on any atom is 0.243 e. The van der Waals surface area contributed by atoms with Crippen LogP contribution in [-0.2, 0) is 14.8 Å². The van der Waals surface area contributed by atoms with Crippen LogP contribution in [0.5, 0.6) is 5.75 Å². The van der Waals surface area contributed by atoms with Crippen LogP contribution in [0, 0.1) is 17.8 Å². The molecule has 0 aromatic heterocycles. The molecule has 160 valence electrons. The molecular weight excluding hydrogens is 388 g/mol. The van der Waals surface area contributed by atoms with Crippen LogP contribution in [0.2, 0.25) is 0 Å². The molecule has 6 nitrogen and oxygen atoms in total. The van der Waals surface area contributed by atoms with Gasteiger partial charge in [-0.25, -0.2) is 8.42 Å². The minimum absolute atomic E-state index is 0.0450. The third-order valence-corrected chi connectivity index (χ3v) is 8.42. The number of hydrogen-bond donors (Lipinski definition) is 1. The number of anilines is 1. The van der Waals surface area contributed by atoms with E-state index < -0.39 is 10.0 Å². The van der Waals surface area contributed by atoms with Gasteiger partial charge in [-0.1, -0.05) is 12.8 Å². The average molecular weight is 421 g/mol. The maximum absolute atomic E-state index is 13.1. The van der Waals surface area contributed by atoms with E-state index >= 15 is 0 Å². The number of carbonyl (C=O) groups is 1. The number of hydrogen-bond acceptors (Lipinski definition) is 4. The molecule has 0 bridgehead atoms. The van der Waals surface area contributed by atoms with Gasteiger partial charge in [-0.2, -0.15) is 4.31 Å². The highest BCUT2D eigenvalue weighted by atomic mass is 32.2. The van der Waals surface area contributed by atoms with Gasteiger partial charge in [-0.05, 0) is 74.5 Å². The van der Waals surface area contributed by atoms with Crippen LogP contribution in [0.3, 0.4) is 0 Å². The highest BCUT2D eigenvalue weighted by Crippen LogP contribution is 2.50. The molecule has 29 heavy (non-hydrogen) atoms. The summed E-state index contributed by atoms with van der Waals surface area (Å²) in [4.78, 5) is 13.0. The maximum atomic E-state index is 13.1. The van der Waals surface area contributed by atoms with Gasteiger partial charge in [0.1, 0.15) is 5.75 Å². The Morgan fingerprint density at radius 1 is 1.10 bits per heavy atom. The van der Waals surface area contributed by atoms with Gasteiger partial charge in [0.25, 0.3) is 0 Å². The second-order valence-electron chi connectivity index (χ2n) is 8.77. The van der Waals surface area contributed by atoms with Crippen molar-refractivity contribution in [3.05, 3.63) is 18.2 Å². The summed E-state index contributed by atoms with van der Waals surface area (Å²) in [5.41, 5.74) is 0.443. The van der Waals surface area contributed by atoms with E-state index in [4.69, 9.17) is 4.74 Å². The van der Waals surface area contributed by atoms with Gasteiger partial charge < -0.3 is 10.1 Å². The second kappa shape index (κ2) is 8.64. The Kier molecular flexibility index (Phi) is 6.16. The standard InChI is InChI=1S/C22H32N2O4S/c1-28-21-11-10-18(29(26,27)24-12-4-2-3-5-13-24)14-20(21)23-22(25)15-19(16-6-7-16)17-8-9-17/h10-11,14,16-17,19H,2-9,12-13,15H2,1H3,(H,23,25). The van der Waals surface area contributed by atoms with Crippen molar-refractivity contribution in [1.82, 2.24) is 4.31 Å². The lowest BCUT2D eigenvalue weighted by Gasteiger charge is -2.21. The van der Waals surface area contributed by atoms with Gasteiger partial charge in [0, 0.05) is 19.5 Å². The van der Waals surface area contributed by atoms with E-state index in [1.165, 1.54) is 32.8 Å². The van der Waals surface area contributed by atoms with Crippen molar-refractivity contribution in [2.75, 3.05) is 25.5 Å². The van der Waals surface area contributed by atoms with Crippen LogP contribution in [0.4, 0.5) is 5.69 Å². The Balaban J connectivity index is 1.50. The normalized spacial score (nSPS) is 21.0. The minimum Gasteiger partial charge on any atom is -0.495 e. The molecule has 1 aromatic carbocycles. The summed E-state index contributed by atoms with van der Waals surface area (Å²) in [6.45, 7) is 1.11. The zero-order valence-electron chi connectivity index (χ0n) is 17.2. The number of carbonyl (C=O) groups excluding carboxylic acids is 1. The third kappa shape index (κ3) is 4.94. The van der Waals surface area contributed by atoms with Crippen LogP contribution in [-0.4, -0.2) is 38.8 Å². The first kappa shape index (κ1) is 20.7. The van der Waals surface area contributed by atoms with Crippen molar-refractivity contribution < 1.29 is 17.9 Å². The van der Waals surface area contributed by atoms with Crippen LogP contribution < -0.4 is 10.1 Å². The molecule has 2 saturated carbocycles. The number of ether oxygens (including phenoxy) is 1. The van der Waals surface area contributed by atoms with Crippen LogP contribution in [0.25, 0.3) is 0 Å². The van der Waals surface area contributed by atoms with Crippen LogP contribution in [0.15, 0.2) is 23.1 Å². The predicted octanol–water partition coefficient (Wildman–Crippen LogP) is 4.02. The fraction of sp³-hybridized carbons (Fsp3) is 0.682. The van der Waals surface area contributed by atoms with Gasteiger partial charge in [0.05, 0.1) is 17.7 Å². The first-order valence-electron chi connectivity index (χ1n) is 11.0.